The predicted octanol–water partition coefficient (Wildman–Crippen LogP) is 1.80. The molecule has 1 aromatic carbocycles. The number of likely N-dealkylation sites (tertiary alicyclic amines) is 1. The Hall–Kier alpha value is -1.66. The zero-order valence-electron chi connectivity index (χ0n) is 11.3. The SMILES string of the molecule is NC(=O)C1CCN([C@H](C(=O)O)c2ccc(Cl)c(F)c2)CC1. The van der Waals surface area contributed by atoms with E-state index in [1.54, 1.807) is 4.90 Å². The van der Waals surface area contributed by atoms with Gasteiger partial charge in [-0.3, -0.25) is 14.5 Å². The van der Waals surface area contributed by atoms with Crippen molar-refractivity contribution in [2.24, 2.45) is 11.7 Å². The highest BCUT2D eigenvalue weighted by atomic mass is 35.5. The van der Waals surface area contributed by atoms with Crippen molar-refractivity contribution in [1.82, 2.24) is 4.90 Å². The van der Waals surface area contributed by atoms with Gasteiger partial charge in [0.25, 0.3) is 0 Å². The molecule has 0 unspecified atom stereocenters. The van der Waals surface area contributed by atoms with Crippen LogP contribution in [-0.2, 0) is 9.59 Å². The molecule has 21 heavy (non-hydrogen) atoms. The lowest BCUT2D eigenvalue weighted by Crippen LogP contribution is -2.42. The zero-order chi connectivity index (χ0) is 15.6. The Labute approximate surface area is 126 Å². The van der Waals surface area contributed by atoms with Crippen molar-refractivity contribution >= 4 is 23.5 Å². The summed E-state index contributed by atoms with van der Waals surface area (Å²) in [6, 6.07) is 3.04. The van der Waals surface area contributed by atoms with Crippen molar-refractivity contribution in [3.05, 3.63) is 34.6 Å². The lowest BCUT2D eigenvalue weighted by atomic mass is 9.93. The van der Waals surface area contributed by atoms with E-state index in [0.717, 1.165) is 6.07 Å². The molecule has 1 aromatic rings. The van der Waals surface area contributed by atoms with Gasteiger partial charge in [-0.2, -0.15) is 0 Å². The molecule has 0 aromatic heterocycles. The number of primary amides is 1. The van der Waals surface area contributed by atoms with Crippen LogP contribution in [0.25, 0.3) is 0 Å². The van der Waals surface area contributed by atoms with Crippen LogP contribution in [-0.4, -0.2) is 35.0 Å². The quantitative estimate of drug-likeness (QED) is 0.887. The van der Waals surface area contributed by atoms with E-state index in [1.165, 1.54) is 12.1 Å². The highest BCUT2D eigenvalue weighted by Crippen LogP contribution is 2.29. The fourth-order valence-corrected chi connectivity index (χ4v) is 2.75. The molecule has 0 bridgehead atoms. The fourth-order valence-electron chi connectivity index (χ4n) is 2.63. The summed E-state index contributed by atoms with van der Waals surface area (Å²) in [6.45, 7) is 0.851. The van der Waals surface area contributed by atoms with Crippen molar-refractivity contribution in [2.45, 2.75) is 18.9 Å². The number of carbonyl (C=O) groups excluding carboxylic acids is 1. The largest absolute Gasteiger partial charge is 0.480 e. The van der Waals surface area contributed by atoms with E-state index in [2.05, 4.69) is 0 Å². The highest BCUT2D eigenvalue weighted by Gasteiger charge is 2.32. The number of benzene rings is 1. The number of nitrogens with two attached hydrogens (primary N) is 1. The van der Waals surface area contributed by atoms with Crippen LogP contribution >= 0.6 is 11.6 Å². The van der Waals surface area contributed by atoms with E-state index in [-0.39, 0.29) is 16.8 Å². The Balaban J connectivity index is 2.18. The van der Waals surface area contributed by atoms with E-state index >= 15 is 0 Å². The molecule has 1 aliphatic heterocycles. The number of carbonyl (C=O) groups is 2. The minimum atomic E-state index is -1.06. The van der Waals surface area contributed by atoms with E-state index in [9.17, 15) is 19.1 Å². The molecule has 0 spiro atoms. The maximum atomic E-state index is 13.5. The van der Waals surface area contributed by atoms with Crippen LogP contribution < -0.4 is 5.73 Å². The van der Waals surface area contributed by atoms with Gasteiger partial charge in [0.2, 0.25) is 5.91 Å². The summed E-state index contributed by atoms with van der Waals surface area (Å²) >= 11 is 5.62. The summed E-state index contributed by atoms with van der Waals surface area (Å²) in [4.78, 5) is 24.4. The third kappa shape index (κ3) is 3.51. The average Bonchev–Trinajstić information content (AvgIpc) is 2.43. The number of hydrogen-bond acceptors (Lipinski definition) is 3. The van der Waals surface area contributed by atoms with Crippen LogP contribution in [0.2, 0.25) is 5.02 Å². The van der Waals surface area contributed by atoms with Gasteiger partial charge in [-0.1, -0.05) is 17.7 Å². The molecule has 3 N–H and O–H groups in total. The molecule has 0 radical (unpaired) electrons. The summed E-state index contributed by atoms with van der Waals surface area (Å²) in [7, 11) is 0. The fraction of sp³-hybridized carbons (Fsp3) is 0.429. The number of carboxylic acid groups (broad SMARTS) is 1. The van der Waals surface area contributed by atoms with Crippen molar-refractivity contribution in [1.29, 1.82) is 0 Å². The molecular formula is C14H16ClFN2O3. The Morgan fingerprint density at radius 3 is 2.48 bits per heavy atom. The lowest BCUT2D eigenvalue weighted by Gasteiger charge is -2.34. The number of piperidine rings is 1. The average molecular weight is 315 g/mol. The predicted molar refractivity (Wildman–Crippen MR) is 75.3 cm³/mol. The first-order valence-electron chi connectivity index (χ1n) is 6.61. The molecule has 1 heterocycles. The third-order valence-electron chi connectivity index (χ3n) is 3.79. The van der Waals surface area contributed by atoms with Crippen LogP contribution in [0.4, 0.5) is 4.39 Å². The molecular weight excluding hydrogens is 299 g/mol. The molecule has 0 aliphatic carbocycles. The highest BCUT2D eigenvalue weighted by molar-refractivity contribution is 6.30. The molecule has 0 saturated carbocycles. The van der Waals surface area contributed by atoms with Gasteiger partial charge in [0.15, 0.2) is 0 Å². The van der Waals surface area contributed by atoms with Crippen molar-refractivity contribution in [3.63, 3.8) is 0 Å². The normalized spacial score (nSPS) is 18.4. The van der Waals surface area contributed by atoms with E-state index in [1.807, 2.05) is 0 Å². The summed E-state index contributed by atoms with van der Waals surface area (Å²) in [5.41, 5.74) is 5.59. The number of halogens is 2. The van der Waals surface area contributed by atoms with Crippen molar-refractivity contribution < 1.29 is 19.1 Å². The van der Waals surface area contributed by atoms with Crippen LogP contribution in [0.1, 0.15) is 24.4 Å². The molecule has 1 saturated heterocycles. The summed E-state index contributed by atoms with van der Waals surface area (Å²) in [5, 5.41) is 9.38. The van der Waals surface area contributed by atoms with E-state index in [4.69, 9.17) is 17.3 Å². The molecule has 1 atom stereocenters. The van der Waals surface area contributed by atoms with Gasteiger partial charge in [0.05, 0.1) is 5.02 Å². The third-order valence-corrected chi connectivity index (χ3v) is 4.10. The van der Waals surface area contributed by atoms with Gasteiger partial charge in [-0.05, 0) is 30.5 Å². The van der Waals surface area contributed by atoms with Gasteiger partial charge in [0, 0.05) is 19.0 Å². The van der Waals surface area contributed by atoms with Crippen molar-refractivity contribution in [2.75, 3.05) is 13.1 Å². The molecule has 7 heteroatoms. The Morgan fingerprint density at radius 1 is 1.38 bits per heavy atom. The van der Waals surface area contributed by atoms with E-state index < -0.39 is 17.8 Å². The first-order chi connectivity index (χ1) is 9.90. The summed E-state index contributed by atoms with van der Waals surface area (Å²) in [6.07, 6.45) is 1.02. The molecule has 1 fully saturated rings. The number of carboxylic acids is 1. The van der Waals surface area contributed by atoms with Gasteiger partial charge in [-0.25, -0.2) is 4.39 Å². The molecule has 114 valence electrons. The first kappa shape index (κ1) is 15.7. The maximum Gasteiger partial charge on any atom is 0.325 e. The standard InChI is InChI=1S/C14H16ClFN2O3/c15-10-2-1-9(7-11(10)16)12(14(20)21)18-5-3-8(4-6-18)13(17)19/h1-2,7-8,12H,3-6H2,(H2,17,19)(H,20,21)/t12-/m0/s1. The van der Waals surface area contributed by atoms with Crippen molar-refractivity contribution in [3.8, 4) is 0 Å². The minimum Gasteiger partial charge on any atom is -0.480 e. The summed E-state index contributed by atoms with van der Waals surface area (Å²) < 4.78 is 13.5. The van der Waals surface area contributed by atoms with Crippen LogP contribution in [0.3, 0.4) is 0 Å². The Morgan fingerprint density at radius 2 is 2.00 bits per heavy atom. The number of hydrogen-bond donors (Lipinski definition) is 2. The number of aliphatic carboxylic acids is 1. The van der Waals surface area contributed by atoms with Gasteiger partial charge < -0.3 is 10.8 Å². The number of nitrogens with zero attached hydrogens (tertiary/aromatic N) is 1. The van der Waals surface area contributed by atoms with Gasteiger partial charge in [0.1, 0.15) is 11.9 Å². The van der Waals surface area contributed by atoms with Gasteiger partial charge >= 0.3 is 5.97 Å². The Kier molecular flexibility index (Phi) is 4.80. The van der Waals surface area contributed by atoms with Crippen LogP contribution in [0.5, 0.6) is 0 Å². The summed E-state index contributed by atoms with van der Waals surface area (Å²) in [5.74, 6) is -2.29. The monoisotopic (exact) mass is 314 g/mol. The molecule has 2 rings (SSSR count). The second-order valence-corrected chi connectivity index (χ2v) is 5.53. The lowest BCUT2D eigenvalue weighted by molar-refractivity contribution is -0.144. The second kappa shape index (κ2) is 6.41. The van der Waals surface area contributed by atoms with Crippen LogP contribution in [0.15, 0.2) is 18.2 Å². The Bertz CT molecular complexity index is 559. The zero-order valence-corrected chi connectivity index (χ0v) is 12.0. The molecule has 1 aliphatic rings. The number of amides is 1. The topological polar surface area (TPSA) is 83.6 Å². The van der Waals surface area contributed by atoms with Gasteiger partial charge in [-0.15, -0.1) is 0 Å². The number of rotatable bonds is 4. The first-order valence-corrected chi connectivity index (χ1v) is 6.99. The second-order valence-electron chi connectivity index (χ2n) is 5.13. The molecule has 5 nitrogen and oxygen atoms in total. The maximum absolute atomic E-state index is 13.5. The molecule has 1 amide bonds. The van der Waals surface area contributed by atoms with Crippen LogP contribution in [0, 0.1) is 11.7 Å². The minimum absolute atomic E-state index is 0.0460. The smallest absolute Gasteiger partial charge is 0.325 e. The van der Waals surface area contributed by atoms with E-state index in [0.29, 0.717) is 31.5 Å².